The Bertz CT molecular complexity index is 583. The number of carbonyl (C=O) groups is 1. The predicted molar refractivity (Wildman–Crippen MR) is 78.2 cm³/mol. The first kappa shape index (κ1) is 13.9. The fourth-order valence-corrected chi connectivity index (χ4v) is 3.32. The minimum Gasteiger partial charge on any atom is -0.486 e. The lowest BCUT2D eigenvalue weighted by Gasteiger charge is -2.09. The molecule has 0 saturated heterocycles. The summed E-state index contributed by atoms with van der Waals surface area (Å²) in [6.07, 6.45) is 0.678. The third-order valence-corrected chi connectivity index (χ3v) is 4.31. The average molecular weight is 366 g/mol. The van der Waals surface area contributed by atoms with E-state index in [4.69, 9.17) is 27.9 Å². The maximum absolute atomic E-state index is 10.9. The first-order valence-electron chi connectivity index (χ1n) is 4.90. The fraction of sp³-hybridized carbons (Fsp3) is 0.0833. The van der Waals surface area contributed by atoms with Crippen molar-refractivity contribution in [3.8, 4) is 5.75 Å². The highest BCUT2D eigenvalue weighted by Crippen LogP contribution is 2.32. The molecule has 2 nitrogen and oxygen atoms in total. The smallest absolute Gasteiger partial charge is 0.153 e. The molecular formula is C12H7BrCl2O2S. The van der Waals surface area contributed by atoms with Crippen LogP contribution in [0.1, 0.15) is 15.2 Å². The quantitative estimate of drug-likeness (QED) is 0.695. The Labute approximate surface area is 127 Å². The summed E-state index contributed by atoms with van der Waals surface area (Å²) in [7, 11) is 0. The summed E-state index contributed by atoms with van der Waals surface area (Å²) in [6.45, 7) is 0.360. The first-order valence-corrected chi connectivity index (χ1v) is 7.33. The van der Waals surface area contributed by atoms with Crippen molar-refractivity contribution in [3.63, 3.8) is 0 Å². The molecule has 94 valence electrons. The minimum atomic E-state index is 0.334. The van der Waals surface area contributed by atoms with E-state index in [2.05, 4.69) is 15.9 Å². The normalized spacial score (nSPS) is 10.4. The summed E-state index contributed by atoms with van der Waals surface area (Å²) in [5.41, 5.74) is 0.350. The molecule has 0 aliphatic rings. The maximum Gasteiger partial charge on any atom is 0.153 e. The van der Waals surface area contributed by atoms with Gasteiger partial charge in [-0.2, -0.15) is 0 Å². The van der Waals surface area contributed by atoms with Crippen molar-refractivity contribution in [1.29, 1.82) is 0 Å². The fourth-order valence-electron chi connectivity index (χ4n) is 1.39. The van der Waals surface area contributed by atoms with E-state index in [-0.39, 0.29) is 0 Å². The van der Waals surface area contributed by atoms with Gasteiger partial charge in [0.15, 0.2) is 6.29 Å². The lowest BCUT2D eigenvalue weighted by molar-refractivity contribution is 0.111. The third kappa shape index (κ3) is 3.26. The van der Waals surface area contributed by atoms with Crippen molar-refractivity contribution in [2.45, 2.75) is 6.61 Å². The van der Waals surface area contributed by atoms with E-state index in [1.165, 1.54) is 6.07 Å². The highest BCUT2D eigenvalue weighted by Gasteiger charge is 2.11. The van der Waals surface area contributed by atoms with Gasteiger partial charge >= 0.3 is 0 Å². The van der Waals surface area contributed by atoms with Crippen LogP contribution in [0.2, 0.25) is 10.0 Å². The Morgan fingerprint density at radius 1 is 1.33 bits per heavy atom. The van der Waals surface area contributed by atoms with E-state index in [1.807, 2.05) is 11.4 Å². The summed E-state index contributed by atoms with van der Waals surface area (Å²) in [4.78, 5) is 12.0. The Morgan fingerprint density at radius 3 is 2.72 bits per heavy atom. The van der Waals surface area contributed by atoms with E-state index in [0.717, 1.165) is 9.35 Å². The summed E-state index contributed by atoms with van der Waals surface area (Å²) in [6, 6.07) is 5.03. The topological polar surface area (TPSA) is 26.3 Å². The van der Waals surface area contributed by atoms with Crippen LogP contribution in [0.3, 0.4) is 0 Å². The lowest BCUT2D eigenvalue weighted by Crippen LogP contribution is -1.97. The van der Waals surface area contributed by atoms with Gasteiger partial charge in [0.05, 0.1) is 10.6 Å². The van der Waals surface area contributed by atoms with Crippen LogP contribution in [0.4, 0.5) is 0 Å². The van der Waals surface area contributed by atoms with Crippen LogP contribution in [0.15, 0.2) is 28.1 Å². The highest BCUT2D eigenvalue weighted by molar-refractivity contribution is 9.10. The number of thiophene rings is 1. The molecule has 0 saturated carbocycles. The second-order valence-electron chi connectivity index (χ2n) is 3.44. The predicted octanol–water partition coefficient (Wildman–Crippen LogP) is 5.21. The van der Waals surface area contributed by atoms with E-state index < -0.39 is 0 Å². The minimum absolute atomic E-state index is 0.334. The molecule has 0 bridgehead atoms. The van der Waals surface area contributed by atoms with Crippen LogP contribution in [0, 0.1) is 0 Å². The molecule has 18 heavy (non-hydrogen) atoms. The number of hydrogen-bond acceptors (Lipinski definition) is 3. The van der Waals surface area contributed by atoms with Gasteiger partial charge < -0.3 is 4.74 Å². The number of ether oxygens (including phenoxy) is 1. The molecule has 2 rings (SSSR count). The van der Waals surface area contributed by atoms with Crippen LogP contribution >= 0.6 is 50.5 Å². The first-order chi connectivity index (χ1) is 8.60. The SMILES string of the molecule is O=Cc1cc(Cl)cc(Cl)c1OCc1cc(Br)cs1. The van der Waals surface area contributed by atoms with Gasteiger partial charge in [-0.1, -0.05) is 23.2 Å². The molecule has 2 aromatic rings. The van der Waals surface area contributed by atoms with Gasteiger partial charge in [-0.3, -0.25) is 4.79 Å². The Hall–Kier alpha value is -0.550. The zero-order chi connectivity index (χ0) is 13.1. The second kappa shape index (κ2) is 6.06. The van der Waals surface area contributed by atoms with E-state index in [0.29, 0.717) is 34.3 Å². The van der Waals surface area contributed by atoms with Crippen LogP contribution in [-0.4, -0.2) is 6.29 Å². The zero-order valence-electron chi connectivity index (χ0n) is 8.95. The van der Waals surface area contributed by atoms with E-state index >= 15 is 0 Å². The second-order valence-corrected chi connectivity index (χ2v) is 6.20. The summed E-state index contributed by atoms with van der Waals surface area (Å²) in [5, 5.41) is 2.71. The van der Waals surface area contributed by atoms with Crippen molar-refractivity contribution < 1.29 is 9.53 Å². The van der Waals surface area contributed by atoms with Crippen molar-refractivity contribution in [2.75, 3.05) is 0 Å². The molecule has 0 amide bonds. The number of aldehydes is 1. The molecule has 0 spiro atoms. The third-order valence-electron chi connectivity index (χ3n) is 2.14. The Morgan fingerprint density at radius 2 is 2.11 bits per heavy atom. The number of hydrogen-bond donors (Lipinski definition) is 0. The van der Waals surface area contributed by atoms with Crippen LogP contribution in [-0.2, 0) is 6.61 Å². The van der Waals surface area contributed by atoms with Crippen molar-refractivity contribution >= 4 is 56.8 Å². The standard InChI is InChI=1S/C12H7BrCl2O2S/c13-8-2-10(18-6-8)5-17-12-7(4-16)1-9(14)3-11(12)15/h1-4,6H,5H2. The molecule has 0 aliphatic carbocycles. The van der Waals surface area contributed by atoms with Crippen molar-refractivity contribution in [3.05, 3.63) is 48.5 Å². The molecule has 0 aliphatic heterocycles. The molecule has 0 N–H and O–H groups in total. The number of rotatable bonds is 4. The molecule has 6 heteroatoms. The summed E-state index contributed by atoms with van der Waals surface area (Å²) < 4.78 is 6.58. The average Bonchev–Trinajstić information content (AvgIpc) is 2.73. The van der Waals surface area contributed by atoms with Gasteiger partial charge in [0.25, 0.3) is 0 Å². The van der Waals surface area contributed by atoms with Crippen molar-refractivity contribution in [1.82, 2.24) is 0 Å². The molecule has 0 fully saturated rings. The molecule has 1 heterocycles. The van der Waals surface area contributed by atoms with E-state index in [1.54, 1.807) is 17.4 Å². The molecule has 0 unspecified atom stereocenters. The van der Waals surface area contributed by atoms with Crippen LogP contribution in [0.25, 0.3) is 0 Å². The lowest BCUT2D eigenvalue weighted by atomic mass is 10.2. The Kier molecular flexibility index (Phi) is 4.67. The largest absolute Gasteiger partial charge is 0.486 e. The number of benzene rings is 1. The maximum atomic E-state index is 10.9. The monoisotopic (exact) mass is 364 g/mol. The van der Waals surface area contributed by atoms with Crippen LogP contribution in [0.5, 0.6) is 5.75 Å². The van der Waals surface area contributed by atoms with Crippen molar-refractivity contribution in [2.24, 2.45) is 0 Å². The van der Waals surface area contributed by atoms with Gasteiger partial charge in [0.2, 0.25) is 0 Å². The van der Waals surface area contributed by atoms with Gasteiger partial charge in [-0.15, -0.1) is 11.3 Å². The molecular weight excluding hydrogens is 359 g/mol. The zero-order valence-corrected chi connectivity index (χ0v) is 12.9. The Balaban J connectivity index is 2.20. The van der Waals surface area contributed by atoms with E-state index in [9.17, 15) is 4.79 Å². The summed E-state index contributed by atoms with van der Waals surface area (Å²) >= 11 is 16.8. The molecule has 1 aromatic heterocycles. The van der Waals surface area contributed by atoms with Gasteiger partial charge in [0.1, 0.15) is 12.4 Å². The number of halogens is 3. The number of carbonyl (C=O) groups excluding carboxylic acids is 1. The van der Waals surface area contributed by atoms with Gasteiger partial charge in [-0.25, -0.2) is 0 Å². The molecule has 0 radical (unpaired) electrons. The van der Waals surface area contributed by atoms with Gasteiger partial charge in [-0.05, 0) is 34.1 Å². The molecule has 0 atom stereocenters. The van der Waals surface area contributed by atoms with Gasteiger partial charge in [0, 0.05) is 19.8 Å². The summed E-state index contributed by atoms with van der Waals surface area (Å²) in [5.74, 6) is 0.362. The molecule has 1 aromatic carbocycles. The highest BCUT2D eigenvalue weighted by atomic mass is 79.9. The van der Waals surface area contributed by atoms with Crippen LogP contribution < -0.4 is 4.74 Å².